The van der Waals surface area contributed by atoms with Gasteiger partial charge in [-0.2, -0.15) is 0 Å². The summed E-state index contributed by atoms with van der Waals surface area (Å²) in [5.74, 6) is 0.567. The molecule has 1 N–H and O–H groups in total. The van der Waals surface area contributed by atoms with Crippen molar-refractivity contribution in [2.24, 2.45) is 5.92 Å². The van der Waals surface area contributed by atoms with E-state index in [1.807, 2.05) is 0 Å². The molecule has 10 heteroatoms. The largest absolute Gasteiger partial charge is 0.495 e. The molecule has 0 unspecified atom stereocenters. The Morgan fingerprint density at radius 3 is 2.52 bits per heavy atom. The molecule has 2 rings (SSSR count). The molecule has 29 heavy (non-hydrogen) atoms. The zero-order valence-electron chi connectivity index (χ0n) is 16.7. The van der Waals surface area contributed by atoms with Crippen molar-refractivity contribution in [2.75, 3.05) is 45.0 Å². The first-order valence-corrected chi connectivity index (χ1v) is 10.9. The molecule has 1 aromatic rings. The molecule has 1 aromatic carbocycles. The number of ether oxygens (including phenoxy) is 3. The van der Waals surface area contributed by atoms with E-state index in [2.05, 4.69) is 17.1 Å². The van der Waals surface area contributed by atoms with E-state index < -0.39 is 18.5 Å². The molecular formula is C19H25ClN2O5S2. The molecule has 7 nitrogen and oxygen atoms in total. The summed E-state index contributed by atoms with van der Waals surface area (Å²) < 4.78 is 16.0. The second kappa shape index (κ2) is 11.5. The fourth-order valence-electron chi connectivity index (χ4n) is 2.73. The van der Waals surface area contributed by atoms with Gasteiger partial charge in [-0.3, -0.25) is 9.59 Å². The number of benzene rings is 1. The monoisotopic (exact) mass is 460 g/mol. The summed E-state index contributed by atoms with van der Waals surface area (Å²) in [4.78, 5) is 26.2. The van der Waals surface area contributed by atoms with Crippen LogP contribution in [0, 0.1) is 5.92 Å². The van der Waals surface area contributed by atoms with Crippen molar-refractivity contribution in [3.63, 3.8) is 0 Å². The van der Waals surface area contributed by atoms with Crippen molar-refractivity contribution < 1.29 is 23.8 Å². The van der Waals surface area contributed by atoms with Gasteiger partial charge in [-0.25, -0.2) is 0 Å². The zero-order chi connectivity index (χ0) is 21.4. The number of carbonyl (C=O) groups is 2. The minimum Gasteiger partial charge on any atom is -0.495 e. The number of hydrogen-bond acceptors (Lipinski definition) is 7. The Morgan fingerprint density at radius 1 is 1.24 bits per heavy atom. The van der Waals surface area contributed by atoms with E-state index in [1.54, 1.807) is 6.07 Å². The lowest BCUT2D eigenvalue weighted by Crippen LogP contribution is -2.36. The molecule has 1 heterocycles. The fourth-order valence-corrected chi connectivity index (χ4v) is 4.02. The number of methoxy groups -OCH3 is 2. The van der Waals surface area contributed by atoms with Crippen LogP contribution in [0.4, 0.5) is 5.69 Å². The molecule has 0 aliphatic carbocycles. The molecule has 1 fully saturated rings. The van der Waals surface area contributed by atoms with Gasteiger partial charge in [0.25, 0.3) is 5.91 Å². The van der Waals surface area contributed by atoms with E-state index in [-0.39, 0.29) is 5.75 Å². The molecule has 1 amide bonds. The maximum absolute atomic E-state index is 12.1. The number of nitrogens with one attached hydrogen (secondary N) is 1. The van der Waals surface area contributed by atoms with Crippen LogP contribution in [0.3, 0.4) is 0 Å². The van der Waals surface area contributed by atoms with Crippen LogP contribution in [0.2, 0.25) is 5.02 Å². The van der Waals surface area contributed by atoms with Crippen LogP contribution in [0.15, 0.2) is 12.1 Å². The van der Waals surface area contributed by atoms with Crippen molar-refractivity contribution in [3.05, 3.63) is 17.2 Å². The number of piperidine rings is 1. The summed E-state index contributed by atoms with van der Waals surface area (Å²) in [6.07, 6.45) is 2.20. The van der Waals surface area contributed by atoms with Crippen LogP contribution in [0.25, 0.3) is 0 Å². The van der Waals surface area contributed by atoms with Crippen LogP contribution in [-0.4, -0.2) is 60.8 Å². The standard InChI is InChI=1S/C19H25ClN2O5S2/c1-12-4-6-22(7-5-12)19(28)29-11-18(24)27-10-17(23)21-14-8-13(20)15(25-2)9-16(14)26-3/h8-9,12H,4-7,10-11H2,1-3H3,(H,21,23). The van der Waals surface area contributed by atoms with Gasteiger partial charge in [-0.05, 0) is 24.8 Å². The van der Waals surface area contributed by atoms with Crippen molar-refractivity contribution in [2.45, 2.75) is 19.8 Å². The van der Waals surface area contributed by atoms with Gasteiger partial charge in [0.2, 0.25) is 0 Å². The second-order valence-electron chi connectivity index (χ2n) is 6.62. The fraction of sp³-hybridized carbons (Fsp3) is 0.526. The molecule has 160 valence electrons. The molecule has 0 spiro atoms. The van der Waals surface area contributed by atoms with Crippen LogP contribution >= 0.6 is 35.6 Å². The topological polar surface area (TPSA) is 77.1 Å². The van der Waals surface area contributed by atoms with Gasteiger partial charge in [0.1, 0.15) is 15.8 Å². The van der Waals surface area contributed by atoms with Gasteiger partial charge in [-0.15, -0.1) is 0 Å². The average molecular weight is 461 g/mol. The first-order valence-electron chi connectivity index (χ1n) is 9.12. The minimum atomic E-state index is -0.504. The highest BCUT2D eigenvalue weighted by atomic mass is 35.5. The Kier molecular flexibility index (Phi) is 9.32. The molecule has 1 aliphatic heterocycles. The smallest absolute Gasteiger partial charge is 0.316 e. The predicted molar refractivity (Wildman–Crippen MR) is 119 cm³/mol. The number of halogens is 1. The quantitative estimate of drug-likeness (QED) is 0.488. The summed E-state index contributed by atoms with van der Waals surface area (Å²) in [6.45, 7) is 3.64. The summed E-state index contributed by atoms with van der Waals surface area (Å²) in [5.41, 5.74) is 0.356. The molecule has 0 bridgehead atoms. The van der Waals surface area contributed by atoms with Gasteiger partial charge in [0.05, 0.1) is 30.7 Å². The number of carbonyl (C=O) groups excluding carboxylic acids is 2. The lowest BCUT2D eigenvalue weighted by molar-refractivity contribution is -0.144. The molecule has 0 aromatic heterocycles. The SMILES string of the molecule is COc1cc(OC)c(NC(=O)COC(=O)CSC(=S)N2CCC(C)CC2)cc1Cl. The van der Waals surface area contributed by atoms with Gasteiger partial charge in [0, 0.05) is 19.2 Å². The molecule has 1 aliphatic rings. The third-order valence-corrected chi connectivity index (χ3v) is 6.26. The van der Waals surface area contributed by atoms with E-state index in [1.165, 1.54) is 32.0 Å². The lowest BCUT2D eigenvalue weighted by Gasteiger charge is -2.31. The Bertz CT molecular complexity index is 754. The highest BCUT2D eigenvalue weighted by Crippen LogP contribution is 2.35. The first kappa shape index (κ1) is 23.6. The summed E-state index contributed by atoms with van der Waals surface area (Å²) in [6, 6.07) is 3.07. The van der Waals surface area contributed by atoms with Crippen LogP contribution in [0.1, 0.15) is 19.8 Å². The van der Waals surface area contributed by atoms with E-state index in [0.717, 1.165) is 25.9 Å². The van der Waals surface area contributed by atoms with Gasteiger partial charge < -0.3 is 24.4 Å². The Hall–Kier alpha value is -1.71. The highest BCUT2D eigenvalue weighted by molar-refractivity contribution is 8.23. The second-order valence-corrected chi connectivity index (χ2v) is 8.64. The molecule has 0 atom stereocenters. The third-order valence-electron chi connectivity index (χ3n) is 4.47. The van der Waals surface area contributed by atoms with Crippen molar-refractivity contribution in [1.82, 2.24) is 4.90 Å². The number of nitrogens with zero attached hydrogens (tertiary/aromatic N) is 1. The van der Waals surface area contributed by atoms with Crippen molar-refractivity contribution in [3.8, 4) is 11.5 Å². The molecular weight excluding hydrogens is 436 g/mol. The zero-order valence-corrected chi connectivity index (χ0v) is 19.0. The number of thiocarbonyl (C=S) groups is 1. The predicted octanol–water partition coefficient (Wildman–Crippen LogP) is 3.59. The van der Waals surface area contributed by atoms with E-state index in [9.17, 15) is 9.59 Å². The van der Waals surface area contributed by atoms with Crippen LogP contribution in [-0.2, 0) is 14.3 Å². The maximum atomic E-state index is 12.1. The van der Waals surface area contributed by atoms with Crippen molar-refractivity contribution in [1.29, 1.82) is 0 Å². The number of hydrogen-bond donors (Lipinski definition) is 1. The minimum absolute atomic E-state index is 0.0653. The number of likely N-dealkylation sites (tertiary alicyclic amines) is 1. The molecule has 0 saturated carbocycles. The van der Waals surface area contributed by atoms with E-state index in [0.29, 0.717) is 32.4 Å². The Morgan fingerprint density at radius 2 is 1.90 bits per heavy atom. The van der Waals surface area contributed by atoms with E-state index >= 15 is 0 Å². The number of thioether (sulfide) groups is 1. The molecule has 1 saturated heterocycles. The lowest BCUT2D eigenvalue weighted by atomic mass is 10.00. The van der Waals surface area contributed by atoms with Gasteiger partial charge >= 0.3 is 5.97 Å². The maximum Gasteiger partial charge on any atom is 0.316 e. The van der Waals surface area contributed by atoms with Gasteiger partial charge in [-0.1, -0.05) is 42.5 Å². The van der Waals surface area contributed by atoms with Crippen LogP contribution in [0.5, 0.6) is 11.5 Å². The number of rotatable bonds is 7. The number of amides is 1. The average Bonchev–Trinajstić information content (AvgIpc) is 2.71. The third kappa shape index (κ3) is 7.24. The Balaban J connectivity index is 1.77. The van der Waals surface area contributed by atoms with Crippen LogP contribution < -0.4 is 14.8 Å². The molecule has 0 radical (unpaired) electrons. The number of esters is 1. The normalized spacial score (nSPS) is 14.3. The van der Waals surface area contributed by atoms with Crippen molar-refractivity contribution >= 4 is 57.5 Å². The summed E-state index contributed by atoms with van der Waals surface area (Å²) >= 11 is 12.7. The highest BCUT2D eigenvalue weighted by Gasteiger charge is 2.19. The number of anilines is 1. The Labute approximate surface area is 185 Å². The summed E-state index contributed by atoms with van der Waals surface area (Å²) in [7, 11) is 2.94. The summed E-state index contributed by atoms with van der Waals surface area (Å²) in [5, 5.41) is 2.92. The first-order chi connectivity index (χ1) is 13.8. The van der Waals surface area contributed by atoms with E-state index in [4.69, 9.17) is 38.0 Å². The van der Waals surface area contributed by atoms with Gasteiger partial charge in [0.15, 0.2) is 6.61 Å².